The van der Waals surface area contributed by atoms with Crippen molar-refractivity contribution in [1.82, 2.24) is 9.97 Å². The zero-order valence-electron chi connectivity index (χ0n) is 10.5. The summed E-state index contributed by atoms with van der Waals surface area (Å²) in [6, 6.07) is 5.19. The van der Waals surface area contributed by atoms with Crippen molar-refractivity contribution in [2.45, 2.75) is 11.9 Å². The van der Waals surface area contributed by atoms with Crippen molar-refractivity contribution in [2.24, 2.45) is 0 Å². The van der Waals surface area contributed by atoms with Gasteiger partial charge in [0.2, 0.25) is 5.82 Å². The summed E-state index contributed by atoms with van der Waals surface area (Å²) in [5, 5.41) is 9.19. The lowest BCUT2D eigenvalue weighted by atomic mass is 10.1. The van der Waals surface area contributed by atoms with Crippen LogP contribution in [0.5, 0.6) is 0 Å². The molecule has 1 aromatic heterocycles. The Morgan fingerprint density at radius 2 is 2.10 bits per heavy atom. The number of hydrogen-bond acceptors (Lipinski definition) is 4. The Labute approximate surface area is 117 Å². The van der Waals surface area contributed by atoms with Crippen molar-refractivity contribution in [3.63, 3.8) is 0 Å². The number of carbonyl (C=O) groups excluding carboxylic acids is 1. The van der Waals surface area contributed by atoms with Crippen LogP contribution < -0.4 is 0 Å². The predicted molar refractivity (Wildman–Crippen MR) is 69.9 cm³/mol. The van der Waals surface area contributed by atoms with Gasteiger partial charge >= 0.3 is 5.82 Å². The number of carbonyl (C=O) groups is 1. The Morgan fingerprint density at radius 3 is 2.70 bits per heavy atom. The maximum absolute atomic E-state index is 12.7. The van der Waals surface area contributed by atoms with E-state index in [0.29, 0.717) is 16.4 Å². The summed E-state index contributed by atoms with van der Waals surface area (Å²) in [4.78, 5) is 29.0. The van der Waals surface area contributed by atoms with Crippen LogP contribution in [0, 0.1) is 17.6 Å². The number of imidazole rings is 1. The molecule has 0 saturated carbocycles. The fourth-order valence-electron chi connectivity index (χ4n) is 1.54. The second kappa shape index (κ2) is 5.83. The molecule has 0 fully saturated rings. The van der Waals surface area contributed by atoms with E-state index >= 15 is 0 Å². The van der Waals surface area contributed by atoms with E-state index in [4.69, 9.17) is 5.21 Å². The molecule has 2 N–H and O–H groups in total. The minimum absolute atomic E-state index is 0.0358. The molecule has 0 aliphatic rings. The van der Waals surface area contributed by atoms with E-state index in [1.54, 1.807) is 6.92 Å². The van der Waals surface area contributed by atoms with Gasteiger partial charge < -0.3 is 10.2 Å². The lowest BCUT2D eigenvalue weighted by Crippen LogP contribution is -2.03. The molecule has 0 unspecified atom stereocenters. The molecule has 0 atom stereocenters. The molecule has 6 nitrogen and oxygen atoms in total. The quantitative estimate of drug-likeness (QED) is 0.503. The van der Waals surface area contributed by atoms with Crippen molar-refractivity contribution in [1.29, 1.82) is 0 Å². The molecular formula is C12H11FN3O3S+. The fourth-order valence-corrected chi connectivity index (χ4v) is 2.46. The topological polar surface area (TPSA) is 86.1 Å². The van der Waals surface area contributed by atoms with Gasteiger partial charge in [-0.25, -0.2) is 4.39 Å². The third kappa shape index (κ3) is 3.21. The van der Waals surface area contributed by atoms with Crippen molar-refractivity contribution in [3.8, 4) is 0 Å². The smallest absolute Gasteiger partial charge is 0.313 e. The molecule has 2 aromatic rings. The monoisotopic (exact) mass is 296 g/mol. The highest BCUT2D eigenvalue weighted by atomic mass is 32.2. The van der Waals surface area contributed by atoms with Gasteiger partial charge in [0.1, 0.15) is 5.82 Å². The highest BCUT2D eigenvalue weighted by Crippen LogP contribution is 2.26. The molecule has 1 heterocycles. The zero-order valence-corrected chi connectivity index (χ0v) is 11.3. The summed E-state index contributed by atoms with van der Waals surface area (Å²) >= 11 is 1.04. The number of nitrogens with zero attached hydrogens (tertiary/aromatic N) is 2. The average molecular weight is 296 g/mol. The van der Waals surface area contributed by atoms with Gasteiger partial charge in [-0.2, -0.15) is 0 Å². The average Bonchev–Trinajstić information content (AvgIpc) is 2.78. The molecule has 0 aliphatic heterocycles. The maximum atomic E-state index is 12.7. The normalized spacial score (nSPS) is 10.5. The number of thioether (sulfide) groups is 1. The first kappa shape index (κ1) is 14.2. The minimum atomic E-state index is -0.414. The Morgan fingerprint density at radius 1 is 1.45 bits per heavy atom. The van der Waals surface area contributed by atoms with E-state index in [0.717, 1.165) is 11.8 Å². The Kier molecular flexibility index (Phi) is 4.14. The summed E-state index contributed by atoms with van der Waals surface area (Å²) in [5.74, 6) is -0.328. The first-order valence-corrected chi connectivity index (χ1v) is 6.60. The Balaban J connectivity index is 2.07. The van der Waals surface area contributed by atoms with Gasteiger partial charge in [0.05, 0.1) is 5.75 Å². The van der Waals surface area contributed by atoms with Gasteiger partial charge in [-0.05, 0) is 34.2 Å². The van der Waals surface area contributed by atoms with Crippen LogP contribution in [0.1, 0.15) is 16.2 Å². The number of aryl methyl sites for hydroxylation is 1. The summed E-state index contributed by atoms with van der Waals surface area (Å²) in [6.45, 7) is 1.62. The number of aromatic nitrogens is 2. The number of aromatic amines is 1. The molecule has 104 valence electrons. The van der Waals surface area contributed by atoms with Gasteiger partial charge in [0, 0.05) is 12.5 Å². The van der Waals surface area contributed by atoms with Gasteiger partial charge in [-0.15, -0.1) is 0 Å². The largest absolute Gasteiger partial charge is 0.440 e. The molecule has 0 aliphatic carbocycles. The van der Waals surface area contributed by atoms with Gasteiger partial charge in [-0.3, -0.25) is 4.79 Å². The first-order chi connectivity index (χ1) is 9.47. The lowest BCUT2D eigenvalue weighted by Gasteiger charge is -1.99. The summed E-state index contributed by atoms with van der Waals surface area (Å²) in [6.07, 6.45) is 0. The molecule has 0 spiro atoms. The number of hydrogen-bond donors (Lipinski definition) is 2. The second-order valence-electron chi connectivity index (χ2n) is 3.97. The third-order valence-corrected chi connectivity index (χ3v) is 3.45. The highest BCUT2D eigenvalue weighted by molar-refractivity contribution is 8.00. The van der Waals surface area contributed by atoms with E-state index in [2.05, 4.69) is 9.97 Å². The molecule has 20 heavy (non-hydrogen) atoms. The summed E-state index contributed by atoms with van der Waals surface area (Å²) in [5.41, 5.74) is 0.375. The van der Waals surface area contributed by atoms with E-state index < -0.39 is 5.82 Å². The van der Waals surface area contributed by atoms with Gasteiger partial charge in [0.15, 0.2) is 15.7 Å². The summed E-state index contributed by atoms with van der Waals surface area (Å²) < 4.78 is 12.7. The molecule has 0 saturated heterocycles. The third-order valence-electron chi connectivity index (χ3n) is 2.47. The van der Waals surface area contributed by atoms with Gasteiger partial charge in [-0.1, -0.05) is 11.8 Å². The Hall–Kier alpha value is -2.22. The van der Waals surface area contributed by atoms with Gasteiger partial charge in [0.25, 0.3) is 0 Å². The van der Waals surface area contributed by atoms with E-state index in [1.807, 2.05) is 0 Å². The minimum Gasteiger partial charge on any atom is -0.313 e. The first-order valence-electron chi connectivity index (χ1n) is 5.61. The number of H-pyrrole nitrogens is 1. The van der Waals surface area contributed by atoms with Crippen LogP contribution in [-0.2, 0) is 0 Å². The van der Waals surface area contributed by atoms with Crippen LogP contribution in [0.25, 0.3) is 0 Å². The van der Waals surface area contributed by atoms with Crippen molar-refractivity contribution in [3.05, 3.63) is 46.4 Å². The molecule has 0 bridgehead atoms. The van der Waals surface area contributed by atoms with E-state index in [1.165, 1.54) is 24.3 Å². The van der Waals surface area contributed by atoms with Crippen molar-refractivity contribution < 1.29 is 19.3 Å². The molecule has 0 radical (unpaired) electrons. The highest BCUT2D eigenvalue weighted by Gasteiger charge is 2.25. The van der Waals surface area contributed by atoms with Crippen LogP contribution in [0.3, 0.4) is 0 Å². The number of benzene rings is 1. The van der Waals surface area contributed by atoms with E-state index in [-0.39, 0.29) is 22.3 Å². The van der Waals surface area contributed by atoms with Crippen LogP contribution in [0.4, 0.5) is 10.2 Å². The maximum Gasteiger partial charge on any atom is 0.440 e. The molecule has 0 amide bonds. The lowest BCUT2D eigenvalue weighted by molar-refractivity contribution is -0.733. The molecular weight excluding hydrogens is 285 g/mol. The number of halogens is 1. The fraction of sp³-hybridized carbons (Fsp3) is 0.167. The number of nitrogens with one attached hydrogen (secondary N) is 1. The summed E-state index contributed by atoms with van der Waals surface area (Å²) in [7, 11) is 0. The number of ketones is 1. The van der Waals surface area contributed by atoms with Crippen LogP contribution in [-0.4, -0.2) is 31.6 Å². The van der Waals surface area contributed by atoms with Crippen LogP contribution in [0.15, 0.2) is 29.3 Å². The molecule has 8 heteroatoms. The SMILES string of the molecule is Cc1nc([N+](=O)O)c(SCC(=O)c2ccc(F)cc2)[nH]1. The predicted octanol–water partition coefficient (Wildman–Crippen LogP) is 2.63. The van der Waals surface area contributed by atoms with Crippen LogP contribution >= 0.6 is 11.8 Å². The standard InChI is InChI=1S/C12H11FN3O3S/c1-7-14-11(16(18)19)12(15-7)20-6-10(17)8-2-4-9(13)5-3-8/h2-5H,6H2,1H3,(H,14,15)(H,18,19)/q+1. The molecule has 1 aromatic carbocycles. The van der Waals surface area contributed by atoms with E-state index in [9.17, 15) is 14.1 Å². The zero-order chi connectivity index (χ0) is 14.7. The van der Waals surface area contributed by atoms with Crippen LogP contribution in [0.2, 0.25) is 0 Å². The Bertz CT molecular complexity index is 654. The van der Waals surface area contributed by atoms with Crippen molar-refractivity contribution >= 4 is 23.4 Å². The molecule has 2 rings (SSSR count). The van der Waals surface area contributed by atoms with Crippen molar-refractivity contribution in [2.75, 3.05) is 5.75 Å². The number of Topliss-reactive ketones (excluding diaryl/α,β-unsaturated/α-hetero) is 1. The second-order valence-corrected chi connectivity index (χ2v) is 4.95. The number of rotatable bonds is 5.